The van der Waals surface area contributed by atoms with E-state index in [1.807, 2.05) is 13.8 Å². The van der Waals surface area contributed by atoms with Gasteiger partial charge in [-0.05, 0) is 30.5 Å². The SMILES string of the molecule is CC(C)C[C@H](N)c1cc(C(F)(F)F)ccc1F.Cl. The van der Waals surface area contributed by atoms with Crippen molar-refractivity contribution in [3.63, 3.8) is 0 Å². The molecule has 0 saturated carbocycles. The molecule has 0 aliphatic carbocycles. The summed E-state index contributed by atoms with van der Waals surface area (Å²) in [5.74, 6) is -0.495. The lowest BCUT2D eigenvalue weighted by molar-refractivity contribution is -0.137. The molecule has 0 fully saturated rings. The van der Waals surface area contributed by atoms with E-state index in [4.69, 9.17) is 5.73 Å². The molecule has 0 unspecified atom stereocenters. The fourth-order valence-corrected chi connectivity index (χ4v) is 1.64. The predicted molar refractivity (Wildman–Crippen MR) is 65.0 cm³/mol. The van der Waals surface area contributed by atoms with Crippen LogP contribution in [0.25, 0.3) is 0 Å². The molecule has 18 heavy (non-hydrogen) atoms. The molecule has 0 aliphatic rings. The van der Waals surface area contributed by atoms with E-state index in [0.717, 1.165) is 18.2 Å². The molecule has 2 N–H and O–H groups in total. The first-order chi connectivity index (χ1) is 7.71. The van der Waals surface area contributed by atoms with Crippen molar-refractivity contribution in [3.8, 4) is 0 Å². The summed E-state index contributed by atoms with van der Waals surface area (Å²) in [6, 6.07) is 1.62. The van der Waals surface area contributed by atoms with Crippen molar-refractivity contribution in [2.24, 2.45) is 11.7 Å². The lowest BCUT2D eigenvalue weighted by Crippen LogP contribution is -2.16. The highest BCUT2D eigenvalue weighted by Gasteiger charge is 2.31. The molecule has 0 saturated heterocycles. The maximum absolute atomic E-state index is 13.4. The van der Waals surface area contributed by atoms with Gasteiger partial charge in [0.15, 0.2) is 0 Å². The molecule has 1 aromatic rings. The Hall–Kier alpha value is -0.810. The van der Waals surface area contributed by atoms with E-state index < -0.39 is 23.6 Å². The van der Waals surface area contributed by atoms with Gasteiger partial charge >= 0.3 is 6.18 Å². The van der Waals surface area contributed by atoms with Gasteiger partial charge in [-0.1, -0.05) is 13.8 Å². The van der Waals surface area contributed by atoms with Crippen LogP contribution < -0.4 is 5.73 Å². The smallest absolute Gasteiger partial charge is 0.324 e. The van der Waals surface area contributed by atoms with E-state index in [1.165, 1.54) is 0 Å². The summed E-state index contributed by atoms with van der Waals surface area (Å²) in [7, 11) is 0. The molecule has 1 nitrogen and oxygen atoms in total. The first kappa shape index (κ1) is 17.2. The highest BCUT2D eigenvalue weighted by molar-refractivity contribution is 5.85. The topological polar surface area (TPSA) is 26.0 Å². The first-order valence-corrected chi connectivity index (χ1v) is 5.34. The molecule has 0 amide bonds. The maximum atomic E-state index is 13.4. The summed E-state index contributed by atoms with van der Waals surface area (Å²) in [4.78, 5) is 0. The summed E-state index contributed by atoms with van der Waals surface area (Å²) in [6.07, 6.45) is -4.03. The molecule has 0 aromatic heterocycles. The molecular weight excluding hydrogens is 270 g/mol. The molecular formula is C12H16ClF4N. The second-order valence-electron chi connectivity index (χ2n) is 4.47. The molecule has 0 aliphatic heterocycles. The monoisotopic (exact) mass is 285 g/mol. The minimum Gasteiger partial charge on any atom is -0.324 e. The third kappa shape index (κ3) is 4.46. The number of halogens is 5. The fourth-order valence-electron chi connectivity index (χ4n) is 1.64. The van der Waals surface area contributed by atoms with Crippen molar-refractivity contribution in [1.29, 1.82) is 0 Å². The van der Waals surface area contributed by atoms with Crippen LogP contribution in [0.1, 0.15) is 37.4 Å². The zero-order valence-corrected chi connectivity index (χ0v) is 10.9. The number of hydrogen-bond donors (Lipinski definition) is 1. The Kier molecular flexibility index (Phi) is 6.10. The first-order valence-electron chi connectivity index (χ1n) is 5.34. The summed E-state index contributed by atoms with van der Waals surface area (Å²) in [5, 5.41) is 0. The lowest BCUT2D eigenvalue weighted by atomic mass is 9.96. The Labute approximate surface area is 110 Å². The zero-order valence-electron chi connectivity index (χ0n) is 10.1. The van der Waals surface area contributed by atoms with E-state index in [-0.39, 0.29) is 23.9 Å². The Morgan fingerprint density at radius 2 is 1.78 bits per heavy atom. The van der Waals surface area contributed by atoms with Crippen LogP contribution in [0.15, 0.2) is 18.2 Å². The summed E-state index contributed by atoms with van der Waals surface area (Å²) in [6.45, 7) is 3.76. The van der Waals surface area contributed by atoms with Gasteiger partial charge < -0.3 is 5.73 Å². The lowest BCUT2D eigenvalue weighted by Gasteiger charge is -2.17. The van der Waals surface area contributed by atoms with Gasteiger partial charge in [-0.15, -0.1) is 12.4 Å². The number of rotatable bonds is 3. The van der Waals surface area contributed by atoms with E-state index in [0.29, 0.717) is 6.42 Å². The van der Waals surface area contributed by atoms with Crippen LogP contribution in [0.4, 0.5) is 17.6 Å². The van der Waals surface area contributed by atoms with Gasteiger partial charge in [0.1, 0.15) is 5.82 Å². The Morgan fingerprint density at radius 3 is 2.22 bits per heavy atom. The number of benzene rings is 1. The van der Waals surface area contributed by atoms with E-state index in [2.05, 4.69) is 0 Å². The second-order valence-corrected chi connectivity index (χ2v) is 4.47. The van der Waals surface area contributed by atoms with Gasteiger partial charge in [0, 0.05) is 11.6 Å². The Balaban J connectivity index is 0.00000289. The number of hydrogen-bond acceptors (Lipinski definition) is 1. The largest absolute Gasteiger partial charge is 0.416 e. The number of nitrogens with two attached hydrogens (primary N) is 1. The van der Waals surface area contributed by atoms with Gasteiger partial charge in [-0.2, -0.15) is 13.2 Å². The Morgan fingerprint density at radius 1 is 1.22 bits per heavy atom. The minimum absolute atomic E-state index is 0. The van der Waals surface area contributed by atoms with Gasteiger partial charge in [0.25, 0.3) is 0 Å². The van der Waals surface area contributed by atoms with Crippen LogP contribution in [0, 0.1) is 11.7 Å². The van der Waals surface area contributed by atoms with E-state index >= 15 is 0 Å². The average Bonchev–Trinajstić information content (AvgIpc) is 2.15. The molecule has 104 valence electrons. The quantitative estimate of drug-likeness (QED) is 0.823. The van der Waals surface area contributed by atoms with Gasteiger partial charge in [0.2, 0.25) is 0 Å². The molecule has 6 heteroatoms. The standard InChI is InChI=1S/C12H15F4N.ClH/c1-7(2)5-11(17)9-6-8(12(14,15)16)3-4-10(9)13;/h3-4,6-7,11H,5,17H2,1-2H3;1H/t11-;/m0./s1. The average molecular weight is 286 g/mol. The third-order valence-corrected chi connectivity index (χ3v) is 2.45. The van der Waals surface area contributed by atoms with Crippen LogP contribution in [0.5, 0.6) is 0 Å². The fraction of sp³-hybridized carbons (Fsp3) is 0.500. The highest BCUT2D eigenvalue weighted by atomic mass is 35.5. The summed E-state index contributed by atoms with van der Waals surface area (Å²) < 4.78 is 50.8. The number of alkyl halides is 3. The molecule has 0 radical (unpaired) electrons. The molecule has 1 rings (SSSR count). The van der Waals surface area contributed by atoms with Crippen molar-refractivity contribution >= 4 is 12.4 Å². The van der Waals surface area contributed by atoms with E-state index in [9.17, 15) is 17.6 Å². The van der Waals surface area contributed by atoms with E-state index in [1.54, 1.807) is 0 Å². The Bertz CT molecular complexity index is 390. The molecule has 1 aromatic carbocycles. The maximum Gasteiger partial charge on any atom is 0.416 e. The van der Waals surface area contributed by atoms with Gasteiger partial charge in [0.05, 0.1) is 5.56 Å². The zero-order chi connectivity index (χ0) is 13.2. The van der Waals surface area contributed by atoms with Crippen molar-refractivity contribution < 1.29 is 17.6 Å². The normalized spacial score (nSPS) is 13.3. The molecule has 0 bridgehead atoms. The van der Waals surface area contributed by atoms with Crippen LogP contribution in [-0.4, -0.2) is 0 Å². The molecule has 0 spiro atoms. The van der Waals surface area contributed by atoms with Gasteiger partial charge in [-0.25, -0.2) is 4.39 Å². The van der Waals surface area contributed by atoms with Crippen LogP contribution in [0.3, 0.4) is 0 Å². The van der Waals surface area contributed by atoms with Crippen molar-refractivity contribution in [2.75, 3.05) is 0 Å². The summed E-state index contributed by atoms with van der Waals surface area (Å²) in [5.41, 5.74) is 4.76. The van der Waals surface area contributed by atoms with Crippen molar-refractivity contribution in [3.05, 3.63) is 35.1 Å². The third-order valence-electron chi connectivity index (χ3n) is 2.45. The van der Waals surface area contributed by atoms with Crippen LogP contribution in [0.2, 0.25) is 0 Å². The molecule has 0 heterocycles. The summed E-state index contributed by atoms with van der Waals surface area (Å²) >= 11 is 0. The highest BCUT2D eigenvalue weighted by Crippen LogP contribution is 2.32. The van der Waals surface area contributed by atoms with Crippen molar-refractivity contribution in [1.82, 2.24) is 0 Å². The second kappa shape index (κ2) is 6.38. The predicted octanol–water partition coefficient (Wildman–Crippen LogP) is 4.31. The van der Waals surface area contributed by atoms with Gasteiger partial charge in [-0.3, -0.25) is 0 Å². The van der Waals surface area contributed by atoms with Crippen molar-refractivity contribution in [2.45, 2.75) is 32.5 Å². The minimum atomic E-state index is -4.47. The van der Waals surface area contributed by atoms with Crippen LogP contribution >= 0.6 is 12.4 Å². The molecule has 1 atom stereocenters. The van der Waals surface area contributed by atoms with Crippen LogP contribution in [-0.2, 0) is 6.18 Å².